The standard InChI is InChI=1S/C15H16N2O/c1-11-7-6-9-14(18-3)15(11)17-12(2)13-8-4-5-10-16-13/h4-10H,1-3H3. The Morgan fingerprint density at radius 3 is 2.67 bits per heavy atom. The van der Waals surface area contributed by atoms with Gasteiger partial charge in [-0.05, 0) is 37.6 Å². The van der Waals surface area contributed by atoms with E-state index in [2.05, 4.69) is 9.98 Å². The molecule has 3 nitrogen and oxygen atoms in total. The predicted octanol–water partition coefficient (Wildman–Crippen LogP) is 3.54. The Labute approximate surface area is 107 Å². The van der Waals surface area contributed by atoms with Crippen LogP contribution in [0.4, 0.5) is 5.69 Å². The van der Waals surface area contributed by atoms with Crippen molar-refractivity contribution in [3.05, 3.63) is 53.9 Å². The van der Waals surface area contributed by atoms with Gasteiger partial charge in [-0.3, -0.25) is 4.98 Å². The van der Waals surface area contributed by atoms with Crippen molar-refractivity contribution in [3.8, 4) is 5.75 Å². The van der Waals surface area contributed by atoms with E-state index in [0.29, 0.717) is 0 Å². The number of ether oxygens (including phenoxy) is 1. The summed E-state index contributed by atoms with van der Waals surface area (Å²) in [6.45, 7) is 3.97. The number of aromatic nitrogens is 1. The van der Waals surface area contributed by atoms with Crippen molar-refractivity contribution < 1.29 is 4.74 Å². The van der Waals surface area contributed by atoms with E-state index in [1.807, 2.05) is 50.2 Å². The molecule has 0 aliphatic heterocycles. The molecule has 0 N–H and O–H groups in total. The van der Waals surface area contributed by atoms with E-state index in [1.54, 1.807) is 13.3 Å². The lowest BCUT2D eigenvalue weighted by molar-refractivity contribution is 0.416. The van der Waals surface area contributed by atoms with Gasteiger partial charge in [-0.25, -0.2) is 4.99 Å². The van der Waals surface area contributed by atoms with Gasteiger partial charge < -0.3 is 4.74 Å². The van der Waals surface area contributed by atoms with Crippen molar-refractivity contribution in [2.45, 2.75) is 13.8 Å². The van der Waals surface area contributed by atoms with E-state index >= 15 is 0 Å². The average Bonchev–Trinajstić information content (AvgIpc) is 2.42. The van der Waals surface area contributed by atoms with Crippen LogP contribution in [0.3, 0.4) is 0 Å². The minimum Gasteiger partial charge on any atom is -0.494 e. The lowest BCUT2D eigenvalue weighted by Gasteiger charge is -2.08. The lowest BCUT2D eigenvalue weighted by atomic mass is 10.2. The molecular formula is C15H16N2O. The largest absolute Gasteiger partial charge is 0.494 e. The Hall–Kier alpha value is -2.16. The number of benzene rings is 1. The fourth-order valence-corrected chi connectivity index (χ4v) is 1.74. The summed E-state index contributed by atoms with van der Waals surface area (Å²) >= 11 is 0. The first kappa shape index (κ1) is 12.3. The molecule has 92 valence electrons. The zero-order chi connectivity index (χ0) is 13.0. The van der Waals surface area contributed by atoms with Gasteiger partial charge in [0.15, 0.2) is 0 Å². The predicted molar refractivity (Wildman–Crippen MR) is 73.8 cm³/mol. The molecule has 0 aliphatic carbocycles. The first-order valence-corrected chi connectivity index (χ1v) is 5.82. The highest BCUT2D eigenvalue weighted by Crippen LogP contribution is 2.31. The van der Waals surface area contributed by atoms with Crippen LogP contribution in [0.25, 0.3) is 0 Å². The molecule has 1 aromatic heterocycles. The van der Waals surface area contributed by atoms with Crippen LogP contribution in [0.15, 0.2) is 47.6 Å². The van der Waals surface area contributed by atoms with Gasteiger partial charge in [0.05, 0.1) is 18.5 Å². The maximum atomic E-state index is 5.34. The summed E-state index contributed by atoms with van der Waals surface area (Å²) in [6, 6.07) is 11.7. The zero-order valence-corrected chi connectivity index (χ0v) is 10.8. The Morgan fingerprint density at radius 2 is 2.00 bits per heavy atom. The number of methoxy groups -OCH3 is 1. The number of aliphatic imine (C=N–C) groups is 1. The Morgan fingerprint density at radius 1 is 1.17 bits per heavy atom. The van der Waals surface area contributed by atoms with E-state index < -0.39 is 0 Å². The van der Waals surface area contributed by atoms with Crippen molar-refractivity contribution >= 4 is 11.4 Å². The Balaban J connectivity index is 2.45. The summed E-state index contributed by atoms with van der Waals surface area (Å²) in [5.74, 6) is 0.783. The molecule has 3 heteroatoms. The fourth-order valence-electron chi connectivity index (χ4n) is 1.74. The fraction of sp³-hybridized carbons (Fsp3) is 0.200. The number of nitrogens with zero attached hydrogens (tertiary/aromatic N) is 2. The van der Waals surface area contributed by atoms with Crippen molar-refractivity contribution in [2.24, 2.45) is 4.99 Å². The summed E-state index contributed by atoms with van der Waals surface area (Å²) in [5.41, 5.74) is 3.71. The van der Waals surface area contributed by atoms with E-state index in [1.165, 1.54) is 0 Å². The SMILES string of the molecule is COc1cccc(C)c1N=C(C)c1ccccn1. The second kappa shape index (κ2) is 5.45. The smallest absolute Gasteiger partial charge is 0.144 e. The van der Waals surface area contributed by atoms with Crippen molar-refractivity contribution in [1.29, 1.82) is 0 Å². The average molecular weight is 240 g/mol. The molecule has 0 amide bonds. The van der Waals surface area contributed by atoms with Crippen molar-refractivity contribution in [2.75, 3.05) is 7.11 Å². The first-order valence-electron chi connectivity index (χ1n) is 5.82. The maximum Gasteiger partial charge on any atom is 0.144 e. The molecule has 0 aliphatic rings. The monoisotopic (exact) mass is 240 g/mol. The molecule has 1 aromatic carbocycles. The topological polar surface area (TPSA) is 34.5 Å². The Bertz CT molecular complexity index is 562. The zero-order valence-electron chi connectivity index (χ0n) is 10.8. The Kier molecular flexibility index (Phi) is 3.72. The molecular weight excluding hydrogens is 224 g/mol. The molecule has 0 saturated carbocycles. The molecule has 0 unspecified atom stereocenters. The van der Waals surface area contributed by atoms with Gasteiger partial charge in [-0.1, -0.05) is 18.2 Å². The van der Waals surface area contributed by atoms with Gasteiger partial charge in [0.25, 0.3) is 0 Å². The summed E-state index contributed by atoms with van der Waals surface area (Å²) in [7, 11) is 1.66. The molecule has 0 atom stereocenters. The maximum absolute atomic E-state index is 5.34. The minimum atomic E-state index is 0.783. The number of para-hydroxylation sites is 1. The van der Waals surface area contributed by atoms with Crippen LogP contribution in [0, 0.1) is 6.92 Å². The summed E-state index contributed by atoms with van der Waals surface area (Å²) in [6.07, 6.45) is 1.77. The number of hydrogen-bond acceptors (Lipinski definition) is 3. The third-order valence-corrected chi connectivity index (χ3v) is 2.74. The second-order valence-electron chi connectivity index (χ2n) is 4.04. The summed E-state index contributed by atoms with van der Waals surface area (Å²) in [4.78, 5) is 8.92. The van der Waals surface area contributed by atoms with E-state index in [9.17, 15) is 0 Å². The van der Waals surface area contributed by atoms with Crippen molar-refractivity contribution in [1.82, 2.24) is 4.98 Å². The van der Waals surface area contributed by atoms with Gasteiger partial charge >= 0.3 is 0 Å². The normalized spacial score (nSPS) is 11.4. The molecule has 0 radical (unpaired) electrons. The van der Waals surface area contributed by atoms with Gasteiger partial charge in [-0.2, -0.15) is 0 Å². The molecule has 2 rings (SSSR count). The third kappa shape index (κ3) is 2.56. The lowest BCUT2D eigenvalue weighted by Crippen LogP contribution is -1.97. The summed E-state index contributed by atoms with van der Waals surface area (Å²) in [5, 5.41) is 0. The third-order valence-electron chi connectivity index (χ3n) is 2.74. The molecule has 2 aromatic rings. The van der Waals surface area contributed by atoms with Crippen LogP contribution >= 0.6 is 0 Å². The van der Waals surface area contributed by atoms with Crippen LogP contribution in [-0.2, 0) is 0 Å². The van der Waals surface area contributed by atoms with Crippen LogP contribution in [-0.4, -0.2) is 17.8 Å². The van der Waals surface area contributed by atoms with Crippen molar-refractivity contribution in [3.63, 3.8) is 0 Å². The molecule has 1 heterocycles. The number of hydrogen-bond donors (Lipinski definition) is 0. The molecule has 18 heavy (non-hydrogen) atoms. The van der Waals surface area contributed by atoms with Crippen LogP contribution in [0.2, 0.25) is 0 Å². The molecule has 0 fully saturated rings. The molecule has 0 saturated heterocycles. The van der Waals surface area contributed by atoms with Gasteiger partial charge in [0.2, 0.25) is 0 Å². The van der Waals surface area contributed by atoms with E-state index in [4.69, 9.17) is 4.74 Å². The molecule has 0 bridgehead atoms. The minimum absolute atomic E-state index is 0.783. The molecule has 0 spiro atoms. The van der Waals surface area contributed by atoms with Crippen LogP contribution in [0.5, 0.6) is 5.75 Å². The number of aryl methyl sites for hydroxylation is 1. The number of pyridine rings is 1. The van der Waals surface area contributed by atoms with Gasteiger partial charge in [0.1, 0.15) is 11.4 Å². The van der Waals surface area contributed by atoms with E-state index in [0.717, 1.165) is 28.4 Å². The van der Waals surface area contributed by atoms with Gasteiger partial charge in [-0.15, -0.1) is 0 Å². The van der Waals surface area contributed by atoms with Crippen LogP contribution in [0.1, 0.15) is 18.2 Å². The van der Waals surface area contributed by atoms with E-state index in [-0.39, 0.29) is 0 Å². The number of rotatable bonds is 3. The summed E-state index contributed by atoms with van der Waals surface area (Å²) < 4.78 is 5.34. The highest BCUT2D eigenvalue weighted by molar-refractivity contribution is 5.99. The van der Waals surface area contributed by atoms with Crippen LogP contribution < -0.4 is 4.74 Å². The van der Waals surface area contributed by atoms with Gasteiger partial charge in [0, 0.05) is 6.20 Å². The highest BCUT2D eigenvalue weighted by atomic mass is 16.5. The highest BCUT2D eigenvalue weighted by Gasteiger charge is 2.06. The first-order chi connectivity index (χ1) is 8.72. The quantitative estimate of drug-likeness (QED) is 0.769. The second-order valence-corrected chi connectivity index (χ2v) is 4.04.